The fourth-order valence-electron chi connectivity index (χ4n) is 2.12. The zero-order valence-electron chi connectivity index (χ0n) is 12.8. The third-order valence-electron chi connectivity index (χ3n) is 3.36. The lowest BCUT2D eigenvalue weighted by molar-refractivity contribution is 0.0953. The molecule has 0 aliphatic carbocycles. The van der Waals surface area contributed by atoms with Gasteiger partial charge in [0.05, 0.1) is 5.02 Å². The van der Waals surface area contributed by atoms with Crippen molar-refractivity contribution in [3.8, 4) is 11.4 Å². The number of nitrogens with zero attached hydrogens (tertiary/aromatic N) is 2. The lowest BCUT2D eigenvalue weighted by atomic mass is 10.2. The van der Waals surface area contributed by atoms with Crippen molar-refractivity contribution in [3.63, 3.8) is 0 Å². The summed E-state index contributed by atoms with van der Waals surface area (Å²) < 4.78 is 18.3. The first-order valence-corrected chi connectivity index (χ1v) is 8.10. The lowest BCUT2D eigenvalue weighted by Gasteiger charge is -2.04. The van der Waals surface area contributed by atoms with Gasteiger partial charge in [0.15, 0.2) is 0 Å². The highest BCUT2D eigenvalue weighted by molar-refractivity contribution is 6.31. The largest absolute Gasteiger partial charge is 0.352 e. The molecule has 0 aliphatic rings. The van der Waals surface area contributed by atoms with Crippen LogP contribution in [0.1, 0.15) is 16.2 Å². The van der Waals surface area contributed by atoms with Crippen molar-refractivity contribution >= 4 is 29.1 Å². The van der Waals surface area contributed by atoms with Gasteiger partial charge < -0.3 is 9.84 Å². The number of carbonyl (C=O) groups excluding carboxylic acids is 1. The summed E-state index contributed by atoms with van der Waals surface area (Å²) in [5, 5.41) is 7.05. The number of nitrogens with one attached hydrogen (secondary N) is 1. The highest BCUT2D eigenvalue weighted by Gasteiger charge is 2.11. The number of hydrogen-bond acceptors (Lipinski definition) is 4. The van der Waals surface area contributed by atoms with E-state index in [2.05, 4.69) is 15.5 Å². The SMILES string of the molecule is O=C(NCCc1nc(-c2cccc(Cl)c2)no1)c1ccc(F)c(Cl)c1. The zero-order chi connectivity index (χ0) is 17.8. The second-order valence-electron chi connectivity index (χ2n) is 5.16. The van der Waals surface area contributed by atoms with Crippen LogP contribution < -0.4 is 5.32 Å². The first-order valence-electron chi connectivity index (χ1n) is 7.35. The molecule has 1 N–H and O–H groups in total. The smallest absolute Gasteiger partial charge is 0.251 e. The van der Waals surface area contributed by atoms with Crippen LogP contribution in [0.2, 0.25) is 10.0 Å². The molecule has 1 aromatic heterocycles. The minimum Gasteiger partial charge on any atom is -0.352 e. The van der Waals surface area contributed by atoms with E-state index in [1.54, 1.807) is 18.2 Å². The zero-order valence-corrected chi connectivity index (χ0v) is 14.3. The van der Waals surface area contributed by atoms with E-state index >= 15 is 0 Å². The Kier molecular flexibility index (Phi) is 5.31. The van der Waals surface area contributed by atoms with Crippen LogP contribution in [0.4, 0.5) is 4.39 Å². The molecule has 3 aromatic rings. The van der Waals surface area contributed by atoms with E-state index in [4.69, 9.17) is 27.7 Å². The van der Waals surface area contributed by atoms with Gasteiger partial charge in [0, 0.05) is 29.1 Å². The monoisotopic (exact) mass is 379 g/mol. The highest BCUT2D eigenvalue weighted by Crippen LogP contribution is 2.20. The maximum atomic E-state index is 13.1. The second-order valence-corrected chi connectivity index (χ2v) is 6.00. The molecule has 1 amide bonds. The summed E-state index contributed by atoms with van der Waals surface area (Å²) in [5.41, 5.74) is 1.02. The molecule has 0 atom stereocenters. The summed E-state index contributed by atoms with van der Waals surface area (Å²) in [7, 11) is 0. The van der Waals surface area contributed by atoms with Gasteiger partial charge in [-0.25, -0.2) is 4.39 Å². The van der Waals surface area contributed by atoms with Crippen molar-refractivity contribution in [2.75, 3.05) is 6.54 Å². The maximum absolute atomic E-state index is 13.1. The van der Waals surface area contributed by atoms with E-state index in [-0.39, 0.29) is 23.0 Å². The van der Waals surface area contributed by atoms with Crippen molar-refractivity contribution in [3.05, 3.63) is 69.8 Å². The summed E-state index contributed by atoms with van der Waals surface area (Å²) >= 11 is 11.6. The van der Waals surface area contributed by atoms with E-state index in [1.165, 1.54) is 12.1 Å². The Morgan fingerprint density at radius 3 is 2.80 bits per heavy atom. The molecule has 0 fully saturated rings. The van der Waals surface area contributed by atoms with Gasteiger partial charge in [-0.1, -0.05) is 40.5 Å². The number of rotatable bonds is 5. The molecule has 3 rings (SSSR count). The standard InChI is InChI=1S/C17H12Cl2FN3O2/c18-12-3-1-2-10(8-12)16-22-15(25-23-16)6-7-21-17(24)11-4-5-14(20)13(19)9-11/h1-5,8-9H,6-7H2,(H,21,24). The van der Waals surface area contributed by atoms with E-state index in [9.17, 15) is 9.18 Å². The first kappa shape index (κ1) is 17.4. The molecule has 0 spiro atoms. The van der Waals surface area contributed by atoms with Gasteiger partial charge in [0.2, 0.25) is 11.7 Å². The molecule has 1 heterocycles. The third-order valence-corrected chi connectivity index (χ3v) is 3.88. The van der Waals surface area contributed by atoms with Crippen molar-refractivity contribution in [1.29, 1.82) is 0 Å². The van der Waals surface area contributed by atoms with Crippen LogP contribution in [0.25, 0.3) is 11.4 Å². The fourth-order valence-corrected chi connectivity index (χ4v) is 2.49. The average molecular weight is 380 g/mol. The first-order chi connectivity index (χ1) is 12.0. The predicted molar refractivity (Wildman–Crippen MR) is 92.2 cm³/mol. The van der Waals surface area contributed by atoms with Gasteiger partial charge in [-0.2, -0.15) is 4.98 Å². The van der Waals surface area contributed by atoms with Crippen LogP contribution in [-0.2, 0) is 6.42 Å². The van der Waals surface area contributed by atoms with E-state index in [0.717, 1.165) is 11.6 Å². The Hall–Kier alpha value is -2.44. The molecular formula is C17H12Cl2FN3O2. The van der Waals surface area contributed by atoms with Crippen molar-refractivity contribution < 1.29 is 13.7 Å². The molecule has 0 aliphatic heterocycles. The molecule has 0 saturated heterocycles. The molecule has 2 aromatic carbocycles. The van der Waals surface area contributed by atoms with E-state index < -0.39 is 5.82 Å². The molecular weight excluding hydrogens is 368 g/mol. The van der Waals surface area contributed by atoms with Gasteiger partial charge in [-0.15, -0.1) is 0 Å². The maximum Gasteiger partial charge on any atom is 0.251 e. The highest BCUT2D eigenvalue weighted by atomic mass is 35.5. The van der Waals surface area contributed by atoms with Gasteiger partial charge in [-0.05, 0) is 30.3 Å². The van der Waals surface area contributed by atoms with E-state index in [1.807, 2.05) is 6.07 Å². The van der Waals surface area contributed by atoms with Gasteiger partial charge in [0.25, 0.3) is 5.91 Å². The topological polar surface area (TPSA) is 68.0 Å². The van der Waals surface area contributed by atoms with Crippen LogP contribution in [-0.4, -0.2) is 22.6 Å². The van der Waals surface area contributed by atoms with Crippen molar-refractivity contribution in [2.45, 2.75) is 6.42 Å². The van der Waals surface area contributed by atoms with Gasteiger partial charge >= 0.3 is 0 Å². The minimum absolute atomic E-state index is 0.101. The Morgan fingerprint density at radius 1 is 1.20 bits per heavy atom. The Bertz CT molecular complexity index is 914. The summed E-state index contributed by atoms with van der Waals surface area (Å²) in [6.07, 6.45) is 0.355. The number of aromatic nitrogens is 2. The molecule has 128 valence electrons. The minimum atomic E-state index is -0.572. The number of carbonyl (C=O) groups is 1. The molecule has 0 radical (unpaired) electrons. The normalized spacial score (nSPS) is 10.7. The van der Waals surface area contributed by atoms with Crippen LogP contribution in [0.15, 0.2) is 47.0 Å². The summed E-state index contributed by atoms with van der Waals surface area (Å²) in [4.78, 5) is 16.2. The molecule has 0 saturated carbocycles. The second kappa shape index (κ2) is 7.63. The van der Waals surface area contributed by atoms with Crippen LogP contribution in [0, 0.1) is 5.82 Å². The third kappa shape index (κ3) is 4.35. The van der Waals surface area contributed by atoms with Crippen LogP contribution in [0.5, 0.6) is 0 Å². The molecule has 25 heavy (non-hydrogen) atoms. The van der Waals surface area contributed by atoms with Gasteiger partial charge in [0.1, 0.15) is 5.82 Å². The molecule has 0 bridgehead atoms. The molecule has 0 unspecified atom stereocenters. The quantitative estimate of drug-likeness (QED) is 0.722. The van der Waals surface area contributed by atoms with E-state index in [0.29, 0.717) is 23.2 Å². The van der Waals surface area contributed by atoms with Crippen molar-refractivity contribution in [1.82, 2.24) is 15.5 Å². The molecule has 5 nitrogen and oxygen atoms in total. The lowest BCUT2D eigenvalue weighted by Crippen LogP contribution is -2.25. The summed E-state index contributed by atoms with van der Waals surface area (Å²) in [6, 6.07) is 10.9. The van der Waals surface area contributed by atoms with Crippen LogP contribution >= 0.6 is 23.2 Å². The van der Waals surface area contributed by atoms with Crippen LogP contribution in [0.3, 0.4) is 0 Å². The average Bonchev–Trinajstić information content (AvgIpc) is 3.06. The van der Waals surface area contributed by atoms with Crippen molar-refractivity contribution in [2.24, 2.45) is 0 Å². The van der Waals surface area contributed by atoms with Gasteiger partial charge in [-0.3, -0.25) is 4.79 Å². The summed E-state index contributed by atoms with van der Waals surface area (Å²) in [6.45, 7) is 0.283. The number of amides is 1. The number of benzene rings is 2. The Labute approximate surface area is 152 Å². The predicted octanol–water partition coefficient (Wildman–Crippen LogP) is 4.16. The number of hydrogen-bond donors (Lipinski definition) is 1. The fraction of sp³-hybridized carbons (Fsp3) is 0.118. The Morgan fingerprint density at radius 2 is 2.04 bits per heavy atom. The molecule has 8 heteroatoms. The number of halogens is 3. The Balaban J connectivity index is 1.57. The summed E-state index contributed by atoms with van der Waals surface area (Å²) in [5.74, 6) is -0.129.